The van der Waals surface area contributed by atoms with Gasteiger partial charge in [0.25, 0.3) is 0 Å². The summed E-state index contributed by atoms with van der Waals surface area (Å²) in [4.78, 5) is 34.9. The Labute approximate surface area is 237 Å². The maximum atomic E-state index is 13.4. The number of Topliss-reactive ketones (excluding diaryl/α,β-unsaturated/α-hetero) is 1. The van der Waals surface area contributed by atoms with Crippen molar-refractivity contribution in [2.24, 2.45) is 0 Å². The number of nitrogens with zero attached hydrogens (tertiary/aromatic N) is 7. The molecule has 9 nitrogen and oxygen atoms in total. The summed E-state index contributed by atoms with van der Waals surface area (Å²) in [5, 5.41) is 6.52. The molecule has 0 amide bonds. The van der Waals surface area contributed by atoms with Gasteiger partial charge >= 0.3 is 0 Å². The van der Waals surface area contributed by atoms with Crippen molar-refractivity contribution < 1.29 is 9.53 Å². The number of hydrogen-bond acceptors (Lipinski definition) is 9. The second-order valence-electron chi connectivity index (χ2n) is 9.52. The van der Waals surface area contributed by atoms with Crippen LogP contribution in [0.4, 0.5) is 0 Å². The Balaban J connectivity index is 1.45. The van der Waals surface area contributed by atoms with Gasteiger partial charge in [-0.25, -0.2) is 14.5 Å². The first kappa shape index (κ1) is 27.5. The number of rotatable bonds is 13. The summed E-state index contributed by atoms with van der Waals surface area (Å²) >= 11 is 1.63. The summed E-state index contributed by atoms with van der Waals surface area (Å²) in [7, 11) is 0. The van der Waals surface area contributed by atoms with E-state index < -0.39 is 0 Å². The number of thiophene rings is 1. The molecule has 1 atom stereocenters. The van der Waals surface area contributed by atoms with Crippen molar-refractivity contribution in [3.63, 3.8) is 0 Å². The Morgan fingerprint density at radius 1 is 1.10 bits per heavy atom. The Hall–Kier alpha value is -4.02. The molecule has 0 bridgehead atoms. The highest BCUT2D eigenvalue weighted by Crippen LogP contribution is 2.29. The minimum absolute atomic E-state index is 0.0603. The van der Waals surface area contributed by atoms with Gasteiger partial charge in [0.05, 0.1) is 40.3 Å². The molecule has 0 saturated carbocycles. The third kappa shape index (κ3) is 6.40. The molecule has 0 saturated heterocycles. The fraction of sp³-hybridized carbons (Fsp3) is 0.333. The average molecular weight is 556 g/mol. The van der Waals surface area contributed by atoms with Crippen LogP contribution in [0, 0.1) is 0 Å². The summed E-state index contributed by atoms with van der Waals surface area (Å²) in [5.41, 5.74) is 4.27. The molecule has 0 unspecified atom stereocenters. The molecule has 10 heteroatoms. The predicted molar refractivity (Wildman–Crippen MR) is 157 cm³/mol. The Morgan fingerprint density at radius 3 is 2.73 bits per heavy atom. The van der Waals surface area contributed by atoms with Crippen LogP contribution in [0.1, 0.15) is 49.7 Å². The van der Waals surface area contributed by atoms with E-state index in [2.05, 4.69) is 40.7 Å². The molecule has 0 N–H and O–H groups in total. The molecule has 0 aromatic carbocycles. The van der Waals surface area contributed by atoms with Gasteiger partial charge in [-0.1, -0.05) is 19.9 Å². The number of carbonyl (C=O) groups excluding carboxylic acids is 1. The van der Waals surface area contributed by atoms with Crippen LogP contribution in [0.25, 0.3) is 27.5 Å². The van der Waals surface area contributed by atoms with E-state index in [1.54, 1.807) is 46.7 Å². The number of carbonyl (C=O) groups is 1. The molecule has 5 aromatic rings. The third-order valence-corrected chi connectivity index (χ3v) is 7.88. The summed E-state index contributed by atoms with van der Waals surface area (Å²) in [6.45, 7) is 8.76. The molecule has 0 radical (unpaired) electrons. The second-order valence-corrected chi connectivity index (χ2v) is 10.5. The van der Waals surface area contributed by atoms with Crippen molar-refractivity contribution in [1.82, 2.24) is 34.4 Å². The smallest absolute Gasteiger partial charge is 0.214 e. The second kappa shape index (κ2) is 12.9. The monoisotopic (exact) mass is 555 g/mol. The molecule has 40 heavy (non-hydrogen) atoms. The van der Waals surface area contributed by atoms with E-state index in [1.807, 2.05) is 35.8 Å². The van der Waals surface area contributed by atoms with Crippen LogP contribution in [0.2, 0.25) is 0 Å². The molecule has 5 rings (SSSR count). The van der Waals surface area contributed by atoms with Gasteiger partial charge in [-0.2, -0.15) is 5.10 Å². The van der Waals surface area contributed by atoms with E-state index in [4.69, 9.17) is 14.7 Å². The fourth-order valence-corrected chi connectivity index (χ4v) is 5.42. The first-order valence-electron chi connectivity index (χ1n) is 13.6. The third-order valence-electron chi connectivity index (χ3n) is 6.99. The lowest BCUT2D eigenvalue weighted by atomic mass is 10.0. The van der Waals surface area contributed by atoms with E-state index >= 15 is 0 Å². The van der Waals surface area contributed by atoms with Gasteiger partial charge in [-0.05, 0) is 50.0 Å². The lowest BCUT2D eigenvalue weighted by Crippen LogP contribution is -2.33. The van der Waals surface area contributed by atoms with Crippen LogP contribution in [-0.4, -0.2) is 66.0 Å². The van der Waals surface area contributed by atoms with Crippen molar-refractivity contribution >= 4 is 22.8 Å². The van der Waals surface area contributed by atoms with Gasteiger partial charge in [-0.3, -0.25) is 14.8 Å². The number of pyridine rings is 1. The molecular formula is C30H33N7O2S. The van der Waals surface area contributed by atoms with Crippen molar-refractivity contribution in [2.45, 2.75) is 46.1 Å². The van der Waals surface area contributed by atoms with E-state index in [9.17, 15) is 4.79 Å². The Morgan fingerprint density at radius 2 is 1.98 bits per heavy atom. The standard InChI is InChI=1S/C30H33N7O2S/c1-4-36(5-2)21(3)8-9-27(38)22-17-26(34-29(18-22)39-15-11-23-19-31-12-13-32-23)24-20-33-37-14-10-25(35-30(24)37)28-7-6-16-40-28/h6-7,10,12-14,16-21H,4-5,8-9,11,15H2,1-3H3/t21-/m0/s1. The van der Waals surface area contributed by atoms with E-state index in [0.717, 1.165) is 41.3 Å². The summed E-state index contributed by atoms with van der Waals surface area (Å²) in [5.74, 6) is 0.445. The van der Waals surface area contributed by atoms with Gasteiger partial charge in [0, 0.05) is 55.3 Å². The fourth-order valence-electron chi connectivity index (χ4n) is 4.72. The van der Waals surface area contributed by atoms with Crippen molar-refractivity contribution in [3.05, 3.63) is 78.0 Å². The highest BCUT2D eigenvalue weighted by molar-refractivity contribution is 7.13. The molecule has 5 heterocycles. The average Bonchev–Trinajstić information content (AvgIpc) is 3.67. The number of ketones is 1. The van der Waals surface area contributed by atoms with Crippen molar-refractivity contribution in [1.29, 1.82) is 0 Å². The zero-order valence-electron chi connectivity index (χ0n) is 23.0. The molecule has 0 fully saturated rings. The summed E-state index contributed by atoms with van der Waals surface area (Å²) in [6.07, 6.45) is 10.4. The van der Waals surface area contributed by atoms with Crippen molar-refractivity contribution in [2.75, 3.05) is 19.7 Å². The Kier molecular flexibility index (Phi) is 8.87. The number of hydrogen-bond donors (Lipinski definition) is 0. The minimum atomic E-state index is 0.0603. The SMILES string of the molecule is CCN(CC)[C@@H](C)CCC(=O)c1cc(OCCc2cnccn2)nc(-c2cnn3ccc(-c4cccs4)nc23)c1. The normalized spacial score (nSPS) is 12.2. The zero-order chi connectivity index (χ0) is 27.9. The first-order valence-corrected chi connectivity index (χ1v) is 14.5. The first-order chi connectivity index (χ1) is 19.6. The molecular weight excluding hydrogens is 522 g/mol. The van der Waals surface area contributed by atoms with Gasteiger partial charge < -0.3 is 9.64 Å². The van der Waals surface area contributed by atoms with Crippen molar-refractivity contribution in [3.8, 4) is 27.7 Å². The quantitative estimate of drug-likeness (QED) is 0.173. The van der Waals surface area contributed by atoms with Crippen LogP contribution in [0.15, 0.2) is 66.7 Å². The molecule has 5 aromatic heterocycles. The largest absolute Gasteiger partial charge is 0.477 e. The molecule has 0 aliphatic carbocycles. The number of fused-ring (bicyclic) bond motifs is 1. The predicted octanol–water partition coefficient (Wildman–Crippen LogP) is 5.62. The molecule has 0 spiro atoms. The maximum Gasteiger partial charge on any atom is 0.214 e. The van der Waals surface area contributed by atoms with Gasteiger partial charge in [-0.15, -0.1) is 11.3 Å². The molecule has 0 aliphatic rings. The molecule has 0 aliphatic heterocycles. The zero-order valence-corrected chi connectivity index (χ0v) is 23.8. The number of aromatic nitrogens is 6. The van der Waals surface area contributed by atoms with Gasteiger partial charge in [0.1, 0.15) is 0 Å². The van der Waals surface area contributed by atoms with Crippen LogP contribution in [0.5, 0.6) is 5.88 Å². The van der Waals surface area contributed by atoms with E-state index in [-0.39, 0.29) is 5.78 Å². The summed E-state index contributed by atoms with van der Waals surface area (Å²) < 4.78 is 7.77. The van der Waals surface area contributed by atoms with Crippen LogP contribution in [-0.2, 0) is 6.42 Å². The highest BCUT2D eigenvalue weighted by Gasteiger charge is 2.18. The Bertz CT molecular complexity index is 1550. The minimum Gasteiger partial charge on any atom is -0.477 e. The van der Waals surface area contributed by atoms with E-state index in [1.165, 1.54) is 0 Å². The molecule has 206 valence electrons. The number of ether oxygens (including phenoxy) is 1. The summed E-state index contributed by atoms with van der Waals surface area (Å²) in [6, 6.07) is 9.88. The van der Waals surface area contributed by atoms with E-state index in [0.29, 0.717) is 48.3 Å². The van der Waals surface area contributed by atoms with Gasteiger partial charge in [0.15, 0.2) is 11.4 Å². The topological polar surface area (TPSA) is 98.4 Å². The van der Waals surface area contributed by atoms with Gasteiger partial charge in [0.2, 0.25) is 5.88 Å². The maximum absolute atomic E-state index is 13.4. The highest BCUT2D eigenvalue weighted by atomic mass is 32.1. The lowest BCUT2D eigenvalue weighted by molar-refractivity contribution is 0.0963. The van der Waals surface area contributed by atoms with Crippen LogP contribution >= 0.6 is 11.3 Å². The van der Waals surface area contributed by atoms with Crippen LogP contribution < -0.4 is 4.74 Å². The van der Waals surface area contributed by atoms with Crippen LogP contribution in [0.3, 0.4) is 0 Å². The lowest BCUT2D eigenvalue weighted by Gasteiger charge is -2.26.